The summed E-state index contributed by atoms with van der Waals surface area (Å²) in [4.78, 5) is 30.4. The number of nitrogens with two attached hydrogens (primary N) is 1. The molecule has 4 aromatic rings. The van der Waals surface area contributed by atoms with Crippen LogP contribution in [-0.4, -0.2) is 49.7 Å². The topological polar surface area (TPSA) is 132 Å². The maximum absolute atomic E-state index is 11.6. The van der Waals surface area contributed by atoms with Gasteiger partial charge in [-0.2, -0.15) is 15.0 Å². The molecule has 0 saturated carbocycles. The highest BCUT2D eigenvalue weighted by atomic mass is 16.5. The minimum atomic E-state index is -0.322. The number of hydrogen-bond donors (Lipinski definition) is 2. The van der Waals surface area contributed by atoms with Crippen molar-refractivity contribution in [3.05, 3.63) is 59.9 Å². The Balaban J connectivity index is 1.72. The Hall–Kier alpha value is -4.21. The molecule has 0 aliphatic carbocycles. The van der Waals surface area contributed by atoms with Crippen LogP contribution in [0.3, 0.4) is 0 Å². The number of rotatable bonds is 6. The number of nitrogen functional groups attached to an aromatic ring is 1. The molecular formula is C21H21N7O3. The van der Waals surface area contributed by atoms with Crippen LogP contribution in [0.25, 0.3) is 11.2 Å². The Labute approximate surface area is 178 Å². The lowest BCUT2D eigenvalue weighted by Gasteiger charge is -2.17. The molecule has 0 amide bonds. The molecular weight excluding hydrogens is 398 g/mol. The van der Waals surface area contributed by atoms with E-state index in [-0.39, 0.29) is 30.8 Å². The van der Waals surface area contributed by atoms with Crippen LogP contribution < -0.4 is 10.6 Å². The van der Waals surface area contributed by atoms with Crippen molar-refractivity contribution < 1.29 is 14.6 Å². The van der Waals surface area contributed by atoms with Crippen molar-refractivity contribution in [1.29, 1.82) is 0 Å². The lowest BCUT2D eigenvalue weighted by atomic mass is 10.1. The number of anilines is 3. The Morgan fingerprint density at radius 3 is 2.65 bits per heavy atom. The summed E-state index contributed by atoms with van der Waals surface area (Å²) in [5, 5.41) is 10.5. The van der Waals surface area contributed by atoms with E-state index < -0.39 is 0 Å². The number of fused-ring (bicyclic) bond motifs is 1. The second-order valence-corrected chi connectivity index (χ2v) is 6.92. The number of imidazole rings is 1. The SMILES string of the molecule is COC(=O)Cc1cccc(Cn2c(O)nc3c(N)nc(N(C)c4ccncc4)nc32)c1. The number of aromatic hydroxyl groups is 1. The molecule has 3 N–H and O–H groups in total. The summed E-state index contributed by atoms with van der Waals surface area (Å²) in [6, 6.07) is 10.9. The van der Waals surface area contributed by atoms with Crippen molar-refractivity contribution in [3.63, 3.8) is 0 Å². The van der Waals surface area contributed by atoms with Crippen LogP contribution in [0.4, 0.5) is 17.5 Å². The summed E-state index contributed by atoms with van der Waals surface area (Å²) >= 11 is 0. The highest BCUT2D eigenvalue weighted by Crippen LogP contribution is 2.28. The first-order chi connectivity index (χ1) is 15.0. The smallest absolute Gasteiger partial charge is 0.309 e. The van der Waals surface area contributed by atoms with Gasteiger partial charge in [-0.15, -0.1) is 0 Å². The third-order valence-electron chi connectivity index (χ3n) is 4.85. The Kier molecular flexibility index (Phi) is 5.35. The molecule has 4 rings (SSSR count). The number of methoxy groups -OCH3 is 1. The molecule has 0 saturated heterocycles. The maximum Gasteiger partial charge on any atom is 0.309 e. The fraction of sp³-hybridized carbons (Fsp3) is 0.190. The molecule has 0 spiro atoms. The number of carbonyl (C=O) groups excluding carboxylic acids is 1. The summed E-state index contributed by atoms with van der Waals surface area (Å²) in [6.07, 6.45) is 3.51. The van der Waals surface area contributed by atoms with Gasteiger partial charge in [-0.05, 0) is 23.3 Å². The number of aromatic nitrogens is 5. The van der Waals surface area contributed by atoms with Crippen molar-refractivity contribution in [2.24, 2.45) is 0 Å². The fourth-order valence-electron chi connectivity index (χ4n) is 3.24. The second-order valence-electron chi connectivity index (χ2n) is 6.92. The van der Waals surface area contributed by atoms with Gasteiger partial charge in [-0.3, -0.25) is 14.3 Å². The average Bonchev–Trinajstić information content (AvgIpc) is 3.10. The van der Waals surface area contributed by atoms with Crippen LogP contribution in [0.15, 0.2) is 48.8 Å². The van der Waals surface area contributed by atoms with Crippen molar-refractivity contribution in [2.75, 3.05) is 24.8 Å². The zero-order valence-electron chi connectivity index (χ0n) is 17.1. The fourth-order valence-corrected chi connectivity index (χ4v) is 3.24. The predicted molar refractivity (Wildman–Crippen MR) is 115 cm³/mol. The third kappa shape index (κ3) is 4.08. The predicted octanol–water partition coefficient (Wildman–Crippen LogP) is 2.04. The number of pyridine rings is 1. The maximum atomic E-state index is 11.6. The Morgan fingerprint density at radius 2 is 1.90 bits per heavy atom. The van der Waals surface area contributed by atoms with E-state index in [2.05, 4.69) is 19.9 Å². The van der Waals surface area contributed by atoms with E-state index in [1.165, 1.54) is 7.11 Å². The zero-order valence-corrected chi connectivity index (χ0v) is 17.1. The van der Waals surface area contributed by atoms with Gasteiger partial charge in [0.1, 0.15) is 0 Å². The van der Waals surface area contributed by atoms with Gasteiger partial charge in [-0.1, -0.05) is 24.3 Å². The highest BCUT2D eigenvalue weighted by molar-refractivity contribution is 5.84. The molecule has 3 heterocycles. The molecule has 31 heavy (non-hydrogen) atoms. The second kappa shape index (κ2) is 8.27. The van der Waals surface area contributed by atoms with Gasteiger partial charge in [0, 0.05) is 25.1 Å². The van der Waals surface area contributed by atoms with Crippen molar-refractivity contribution >= 4 is 34.6 Å². The Morgan fingerprint density at radius 1 is 1.16 bits per heavy atom. The van der Waals surface area contributed by atoms with E-state index in [0.717, 1.165) is 16.8 Å². The van der Waals surface area contributed by atoms with Gasteiger partial charge >= 0.3 is 5.97 Å². The van der Waals surface area contributed by atoms with Gasteiger partial charge in [0.2, 0.25) is 5.95 Å². The molecule has 0 bridgehead atoms. The standard InChI is InChI=1S/C21H21N7O3/c1-27(15-6-8-23-9-7-15)20-25-18(22)17-19(26-20)28(21(30)24-17)12-14-5-3-4-13(10-14)11-16(29)31-2/h3-10H,11-12H2,1-2H3,(H,24,30)(H2,22,25,26). The van der Waals surface area contributed by atoms with Gasteiger partial charge in [0.25, 0.3) is 6.01 Å². The average molecular weight is 419 g/mol. The summed E-state index contributed by atoms with van der Waals surface area (Å²) in [6.45, 7) is 0.284. The lowest BCUT2D eigenvalue weighted by Crippen LogP contribution is -2.15. The summed E-state index contributed by atoms with van der Waals surface area (Å²) in [7, 11) is 3.17. The number of esters is 1. The number of ether oxygens (including phenoxy) is 1. The summed E-state index contributed by atoms with van der Waals surface area (Å²) in [5.74, 6) is 0.198. The van der Waals surface area contributed by atoms with E-state index in [1.807, 2.05) is 43.4 Å². The molecule has 3 aromatic heterocycles. The van der Waals surface area contributed by atoms with Gasteiger partial charge < -0.3 is 20.5 Å². The molecule has 0 fully saturated rings. The van der Waals surface area contributed by atoms with Crippen LogP contribution in [0.1, 0.15) is 11.1 Å². The van der Waals surface area contributed by atoms with E-state index in [0.29, 0.717) is 17.1 Å². The van der Waals surface area contributed by atoms with E-state index >= 15 is 0 Å². The third-order valence-corrected chi connectivity index (χ3v) is 4.85. The van der Waals surface area contributed by atoms with Crippen LogP contribution >= 0.6 is 0 Å². The van der Waals surface area contributed by atoms with Crippen molar-refractivity contribution in [1.82, 2.24) is 24.5 Å². The molecule has 1 aromatic carbocycles. The first-order valence-corrected chi connectivity index (χ1v) is 9.47. The number of benzene rings is 1. The zero-order chi connectivity index (χ0) is 22.0. The van der Waals surface area contributed by atoms with Gasteiger partial charge in [0.05, 0.1) is 20.1 Å². The molecule has 10 nitrogen and oxygen atoms in total. The quantitative estimate of drug-likeness (QED) is 0.450. The van der Waals surface area contributed by atoms with Crippen LogP contribution in [0, 0.1) is 0 Å². The molecule has 0 radical (unpaired) electrons. The molecule has 158 valence electrons. The van der Waals surface area contributed by atoms with Crippen molar-refractivity contribution in [3.8, 4) is 6.01 Å². The minimum absolute atomic E-state index is 0.161. The van der Waals surface area contributed by atoms with Crippen LogP contribution in [-0.2, 0) is 22.5 Å². The number of carbonyl (C=O) groups is 1. The lowest BCUT2D eigenvalue weighted by molar-refractivity contribution is -0.139. The summed E-state index contributed by atoms with van der Waals surface area (Å²) < 4.78 is 6.28. The molecule has 0 aliphatic rings. The largest absolute Gasteiger partial charge is 0.480 e. The minimum Gasteiger partial charge on any atom is -0.480 e. The number of hydrogen-bond acceptors (Lipinski definition) is 9. The molecule has 0 atom stereocenters. The molecule has 0 aliphatic heterocycles. The van der Waals surface area contributed by atoms with Crippen molar-refractivity contribution in [2.45, 2.75) is 13.0 Å². The molecule has 0 unspecified atom stereocenters. The Bertz CT molecular complexity index is 1240. The van der Waals surface area contributed by atoms with E-state index in [9.17, 15) is 9.90 Å². The first kappa shape index (κ1) is 20.1. The number of nitrogens with zero attached hydrogens (tertiary/aromatic N) is 6. The van der Waals surface area contributed by atoms with Gasteiger partial charge in [-0.25, -0.2) is 0 Å². The van der Waals surface area contributed by atoms with E-state index in [1.54, 1.807) is 21.9 Å². The normalized spacial score (nSPS) is 10.9. The monoisotopic (exact) mass is 419 g/mol. The highest BCUT2D eigenvalue weighted by Gasteiger charge is 2.19. The summed E-state index contributed by atoms with van der Waals surface area (Å²) in [5.41, 5.74) is 9.33. The van der Waals surface area contributed by atoms with Crippen LogP contribution in [0.2, 0.25) is 0 Å². The molecule has 10 heteroatoms. The van der Waals surface area contributed by atoms with E-state index in [4.69, 9.17) is 10.5 Å². The van der Waals surface area contributed by atoms with Crippen LogP contribution in [0.5, 0.6) is 6.01 Å². The first-order valence-electron chi connectivity index (χ1n) is 9.47. The van der Waals surface area contributed by atoms with Gasteiger partial charge in [0.15, 0.2) is 17.0 Å².